The summed E-state index contributed by atoms with van der Waals surface area (Å²) in [4.78, 5) is 15.7. The minimum atomic E-state index is -0.450. The Morgan fingerprint density at radius 3 is 2.85 bits per heavy atom. The van der Waals surface area contributed by atoms with E-state index in [0.717, 1.165) is 13.0 Å². The van der Waals surface area contributed by atoms with Gasteiger partial charge in [-0.15, -0.1) is 0 Å². The molecule has 1 heterocycles. The third kappa shape index (κ3) is 4.49. The van der Waals surface area contributed by atoms with E-state index in [1.54, 1.807) is 6.20 Å². The van der Waals surface area contributed by atoms with E-state index in [4.69, 9.17) is 4.74 Å². The number of rotatable bonds is 4. The molecule has 1 fully saturated rings. The molecule has 0 aliphatic heterocycles. The average molecular weight is 277 g/mol. The Morgan fingerprint density at radius 2 is 2.20 bits per heavy atom. The number of nitrogens with zero attached hydrogens (tertiary/aromatic N) is 1. The van der Waals surface area contributed by atoms with Gasteiger partial charge in [0.25, 0.3) is 0 Å². The highest BCUT2D eigenvalue weighted by molar-refractivity contribution is 5.68. The maximum atomic E-state index is 11.6. The van der Waals surface area contributed by atoms with Crippen LogP contribution in [0.4, 0.5) is 4.79 Å². The topological polar surface area (TPSA) is 63.2 Å². The lowest BCUT2D eigenvalue weighted by molar-refractivity contribution is 0.0522. The molecule has 1 aromatic rings. The number of amides is 1. The van der Waals surface area contributed by atoms with Gasteiger partial charge in [0.05, 0.1) is 0 Å². The molecule has 2 N–H and O–H groups in total. The van der Waals surface area contributed by atoms with Gasteiger partial charge in [-0.3, -0.25) is 4.98 Å². The van der Waals surface area contributed by atoms with Crippen molar-refractivity contribution in [3.05, 3.63) is 29.6 Å². The van der Waals surface area contributed by atoms with Crippen LogP contribution in [0.25, 0.3) is 0 Å². The Hall–Kier alpha value is -1.62. The fraction of sp³-hybridized carbons (Fsp3) is 0.600. The molecule has 20 heavy (non-hydrogen) atoms. The molecule has 2 unspecified atom stereocenters. The Morgan fingerprint density at radius 1 is 1.45 bits per heavy atom. The minimum absolute atomic E-state index is 0.168. The second-order valence-corrected chi connectivity index (χ2v) is 6.28. The number of pyridine rings is 1. The van der Waals surface area contributed by atoms with E-state index in [1.807, 2.05) is 33.0 Å². The molecule has 0 aromatic carbocycles. The second kappa shape index (κ2) is 5.79. The number of alkyl carbamates (subject to hydrolysis) is 1. The van der Waals surface area contributed by atoms with Crippen LogP contribution in [0.1, 0.15) is 38.3 Å². The molecule has 1 amide bonds. The molecule has 1 saturated carbocycles. The van der Waals surface area contributed by atoms with Crippen LogP contribution in [0, 0.1) is 6.92 Å². The number of aromatic nitrogens is 1. The van der Waals surface area contributed by atoms with Gasteiger partial charge >= 0.3 is 6.09 Å². The average Bonchev–Trinajstić information content (AvgIpc) is 3.03. The van der Waals surface area contributed by atoms with Crippen molar-refractivity contribution in [2.24, 2.45) is 0 Å². The van der Waals surface area contributed by atoms with E-state index in [2.05, 4.69) is 22.5 Å². The number of carbonyl (C=O) groups is 1. The predicted octanol–water partition coefficient (Wildman–Crippen LogP) is 2.15. The summed E-state index contributed by atoms with van der Waals surface area (Å²) >= 11 is 0. The molecular weight excluding hydrogens is 254 g/mol. The van der Waals surface area contributed by atoms with E-state index in [-0.39, 0.29) is 12.1 Å². The van der Waals surface area contributed by atoms with Crippen LogP contribution < -0.4 is 10.6 Å². The van der Waals surface area contributed by atoms with Gasteiger partial charge in [-0.1, -0.05) is 0 Å². The lowest BCUT2D eigenvalue weighted by Crippen LogP contribution is -2.36. The smallest absolute Gasteiger partial charge is 0.407 e. The molecule has 0 bridgehead atoms. The van der Waals surface area contributed by atoms with E-state index in [0.29, 0.717) is 6.04 Å². The highest BCUT2D eigenvalue weighted by Crippen LogP contribution is 2.22. The van der Waals surface area contributed by atoms with Crippen molar-refractivity contribution < 1.29 is 9.53 Å². The zero-order valence-electron chi connectivity index (χ0n) is 12.6. The van der Waals surface area contributed by atoms with Crippen molar-refractivity contribution in [3.63, 3.8) is 0 Å². The molecule has 2 rings (SSSR count). The van der Waals surface area contributed by atoms with Crippen molar-refractivity contribution in [2.75, 3.05) is 0 Å². The molecule has 0 spiro atoms. The number of nitrogens with one attached hydrogen (secondary N) is 2. The highest BCUT2D eigenvalue weighted by atomic mass is 16.6. The van der Waals surface area contributed by atoms with E-state index in [9.17, 15) is 4.79 Å². The van der Waals surface area contributed by atoms with Crippen molar-refractivity contribution in [1.82, 2.24) is 15.6 Å². The molecule has 110 valence electrons. The maximum Gasteiger partial charge on any atom is 0.407 e. The number of ether oxygens (including phenoxy) is 1. The zero-order valence-corrected chi connectivity index (χ0v) is 12.6. The van der Waals surface area contributed by atoms with Crippen LogP contribution in [-0.4, -0.2) is 28.8 Å². The van der Waals surface area contributed by atoms with Crippen molar-refractivity contribution in [1.29, 1.82) is 0 Å². The summed E-state index contributed by atoms with van der Waals surface area (Å²) in [5.74, 6) is 0. The lowest BCUT2D eigenvalue weighted by atomic mass is 10.1. The van der Waals surface area contributed by atoms with Gasteiger partial charge in [0.2, 0.25) is 0 Å². The second-order valence-electron chi connectivity index (χ2n) is 6.28. The van der Waals surface area contributed by atoms with Gasteiger partial charge in [0, 0.05) is 31.0 Å². The number of hydrogen-bond acceptors (Lipinski definition) is 4. The summed E-state index contributed by atoms with van der Waals surface area (Å²) in [6.45, 7) is 8.43. The fourth-order valence-corrected chi connectivity index (χ4v) is 1.96. The Balaban J connectivity index is 1.71. The van der Waals surface area contributed by atoms with Crippen LogP contribution >= 0.6 is 0 Å². The first-order chi connectivity index (χ1) is 9.35. The van der Waals surface area contributed by atoms with Gasteiger partial charge in [0.1, 0.15) is 5.60 Å². The van der Waals surface area contributed by atoms with Crippen LogP contribution in [0.2, 0.25) is 0 Å². The Labute approximate surface area is 120 Å². The first-order valence-electron chi connectivity index (χ1n) is 6.97. The van der Waals surface area contributed by atoms with E-state index >= 15 is 0 Å². The van der Waals surface area contributed by atoms with Gasteiger partial charge in [-0.2, -0.15) is 0 Å². The minimum Gasteiger partial charge on any atom is -0.444 e. The summed E-state index contributed by atoms with van der Waals surface area (Å²) in [7, 11) is 0. The zero-order chi connectivity index (χ0) is 14.8. The van der Waals surface area contributed by atoms with Gasteiger partial charge in [-0.05, 0) is 51.3 Å². The lowest BCUT2D eigenvalue weighted by Gasteiger charge is -2.19. The summed E-state index contributed by atoms with van der Waals surface area (Å²) in [5, 5.41) is 6.29. The Kier molecular flexibility index (Phi) is 4.28. The molecule has 1 aromatic heterocycles. The summed E-state index contributed by atoms with van der Waals surface area (Å²) in [5.41, 5.74) is 1.97. The summed E-state index contributed by atoms with van der Waals surface area (Å²) < 4.78 is 5.23. The highest BCUT2D eigenvalue weighted by Gasteiger charge is 2.38. The van der Waals surface area contributed by atoms with Gasteiger partial charge in [-0.25, -0.2) is 4.79 Å². The molecule has 0 radical (unpaired) electrons. The monoisotopic (exact) mass is 277 g/mol. The molecule has 0 saturated heterocycles. The summed E-state index contributed by atoms with van der Waals surface area (Å²) in [6, 6.07) is 2.49. The Bertz CT molecular complexity index is 482. The molecular formula is C15H23N3O2. The molecule has 5 nitrogen and oxygen atoms in total. The van der Waals surface area contributed by atoms with Crippen LogP contribution in [-0.2, 0) is 11.3 Å². The largest absolute Gasteiger partial charge is 0.444 e. The molecule has 1 aliphatic carbocycles. The first-order valence-corrected chi connectivity index (χ1v) is 6.97. The summed E-state index contributed by atoms with van der Waals surface area (Å²) in [6.07, 6.45) is 4.27. The van der Waals surface area contributed by atoms with Crippen molar-refractivity contribution in [3.8, 4) is 0 Å². The third-order valence-corrected chi connectivity index (χ3v) is 3.19. The van der Waals surface area contributed by atoms with Crippen molar-refractivity contribution >= 4 is 6.09 Å². The quantitative estimate of drug-likeness (QED) is 0.885. The number of aryl methyl sites for hydroxylation is 1. The van der Waals surface area contributed by atoms with Crippen molar-refractivity contribution in [2.45, 2.75) is 58.3 Å². The normalized spacial score (nSPS) is 21.4. The SMILES string of the molecule is Cc1ccncc1CNC1CC1NC(=O)OC(C)(C)C. The van der Waals surface area contributed by atoms with Crippen LogP contribution in [0.3, 0.4) is 0 Å². The maximum absolute atomic E-state index is 11.6. The molecule has 5 heteroatoms. The molecule has 1 aliphatic rings. The fourth-order valence-electron chi connectivity index (χ4n) is 1.96. The standard InChI is InChI=1S/C15H23N3O2/c1-10-5-6-16-8-11(10)9-17-12-7-13(12)18-14(19)20-15(2,3)4/h5-6,8,12-13,17H,7,9H2,1-4H3,(H,18,19). The number of hydrogen-bond donors (Lipinski definition) is 2. The van der Waals surface area contributed by atoms with Crippen LogP contribution in [0.5, 0.6) is 0 Å². The van der Waals surface area contributed by atoms with Gasteiger partial charge in [0.15, 0.2) is 0 Å². The van der Waals surface area contributed by atoms with Crippen LogP contribution in [0.15, 0.2) is 18.5 Å². The number of carbonyl (C=O) groups excluding carboxylic acids is 1. The first kappa shape index (κ1) is 14.8. The predicted molar refractivity (Wildman–Crippen MR) is 77.4 cm³/mol. The van der Waals surface area contributed by atoms with Gasteiger partial charge < -0.3 is 15.4 Å². The third-order valence-electron chi connectivity index (χ3n) is 3.19. The molecule has 2 atom stereocenters. The van der Waals surface area contributed by atoms with E-state index in [1.165, 1.54) is 11.1 Å². The van der Waals surface area contributed by atoms with E-state index < -0.39 is 5.60 Å².